The number of thiophene rings is 1. The van der Waals surface area contributed by atoms with Gasteiger partial charge in [0.05, 0.1) is 16.8 Å². The lowest BCUT2D eigenvalue weighted by molar-refractivity contribution is 0.322. The van der Waals surface area contributed by atoms with Crippen molar-refractivity contribution in [2.75, 3.05) is 18.6 Å². The number of rotatable bonds is 5. The number of aliphatic hydroxyl groups excluding tert-OH is 1. The standard InChI is InChI=1S/C18H21N3OS3/c1-9(2)13-11-6-4-5-10(11)12-14-15(25-16(12)19-13)17(24-8-7-22)21-18(20-14)23-3/h9,22H,4-8H2,1-3H3. The molecular weight excluding hydrogens is 370 g/mol. The van der Waals surface area contributed by atoms with Crippen molar-refractivity contribution >= 4 is 55.3 Å². The first-order valence-electron chi connectivity index (χ1n) is 8.57. The normalized spacial score (nSPS) is 14.1. The molecule has 0 aliphatic heterocycles. The van der Waals surface area contributed by atoms with E-state index in [0.29, 0.717) is 11.7 Å². The van der Waals surface area contributed by atoms with Crippen molar-refractivity contribution in [1.82, 2.24) is 15.0 Å². The van der Waals surface area contributed by atoms with Crippen LogP contribution in [0.3, 0.4) is 0 Å². The Morgan fingerprint density at radius 1 is 1.16 bits per heavy atom. The molecule has 0 radical (unpaired) electrons. The molecule has 0 saturated heterocycles. The average molecular weight is 392 g/mol. The van der Waals surface area contributed by atoms with Crippen molar-refractivity contribution in [2.45, 2.75) is 49.2 Å². The SMILES string of the molecule is CSc1nc(SCCO)c2sc3nc(C(C)C)c4c(c3c2n1)CCC4. The second kappa shape index (κ2) is 7.02. The van der Waals surface area contributed by atoms with E-state index in [1.165, 1.54) is 28.6 Å². The van der Waals surface area contributed by atoms with Crippen LogP contribution in [0.5, 0.6) is 0 Å². The second-order valence-corrected chi connectivity index (χ2v) is 9.37. The van der Waals surface area contributed by atoms with E-state index in [1.807, 2.05) is 6.26 Å². The number of aromatic nitrogens is 3. The predicted molar refractivity (Wildman–Crippen MR) is 108 cm³/mol. The molecule has 0 atom stereocenters. The molecule has 0 bridgehead atoms. The quantitative estimate of drug-likeness (QED) is 0.388. The molecule has 4 rings (SSSR count). The maximum Gasteiger partial charge on any atom is 0.189 e. The highest BCUT2D eigenvalue weighted by molar-refractivity contribution is 7.99. The molecule has 0 unspecified atom stereocenters. The van der Waals surface area contributed by atoms with Crippen LogP contribution < -0.4 is 0 Å². The molecule has 4 nitrogen and oxygen atoms in total. The number of aliphatic hydroxyl groups is 1. The van der Waals surface area contributed by atoms with Crippen molar-refractivity contribution in [3.05, 3.63) is 16.8 Å². The summed E-state index contributed by atoms with van der Waals surface area (Å²) in [4.78, 5) is 15.7. The molecule has 3 heterocycles. The lowest BCUT2D eigenvalue weighted by Gasteiger charge is -2.11. The van der Waals surface area contributed by atoms with Crippen LogP contribution in [0.2, 0.25) is 0 Å². The van der Waals surface area contributed by atoms with Crippen LogP contribution >= 0.6 is 34.9 Å². The van der Waals surface area contributed by atoms with Gasteiger partial charge in [0.2, 0.25) is 0 Å². The summed E-state index contributed by atoms with van der Waals surface area (Å²) >= 11 is 4.89. The van der Waals surface area contributed by atoms with E-state index in [4.69, 9.17) is 9.97 Å². The minimum Gasteiger partial charge on any atom is -0.396 e. The topological polar surface area (TPSA) is 58.9 Å². The van der Waals surface area contributed by atoms with Gasteiger partial charge in [-0.15, -0.1) is 23.1 Å². The van der Waals surface area contributed by atoms with E-state index >= 15 is 0 Å². The summed E-state index contributed by atoms with van der Waals surface area (Å²) in [6.45, 7) is 4.61. The van der Waals surface area contributed by atoms with Gasteiger partial charge in [-0.2, -0.15) is 0 Å². The van der Waals surface area contributed by atoms with Crippen molar-refractivity contribution in [3.63, 3.8) is 0 Å². The first kappa shape index (κ1) is 17.5. The van der Waals surface area contributed by atoms with E-state index < -0.39 is 0 Å². The van der Waals surface area contributed by atoms with Crippen LogP contribution in [0.25, 0.3) is 20.4 Å². The van der Waals surface area contributed by atoms with Gasteiger partial charge in [-0.25, -0.2) is 15.0 Å². The zero-order valence-corrected chi connectivity index (χ0v) is 17.1. The van der Waals surface area contributed by atoms with Crippen molar-refractivity contribution in [2.24, 2.45) is 0 Å². The van der Waals surface area contributed by atoms with Crippen molar-refractivity contribution in [3.8, 4) is 0 Å². The number of thioether (sulfide) groups is 2. The van der Waals surface area contributed by atoms with Gasteiger partial charge >= 0.3 is 0 Å². The van der Waals surface area contributed by atoms with Gasteiger partial charge in [-0.3, -0.25) is 0 Å². The van der Waals surface area contributed by atoms with Crippen LogP contribution in [0.1, 0.15) is 43.0 Å². The largest absolute Gasteiger partial charge is 0.396 e. The number of hydrogen-bond acceptors (Lipinski definition) is 7. The molecule has 7 heteroatoms. The minimum absolute atomic E-state index is 0.154. The first-order valence-corrected chi connectivity index (χ1v) is 11.6. The second-order valence-electron chi connectivity index (χ2n) is 6.51. The van der Waals surface area contributed by atoms with E-state index in [0.717, 1.165) is 38.1 Å². The van der Waals surface area contributed by atoms with E-state index in [1.54, 1.807) is 34.9 Å². The van der Waals surface area contributed by atoms with Gasteiger partial charge in [0.15, 0.2) is 5.16 Å². The number of nitrogens with zero attached hydrogens (tertiary/aromatic N) is 3. The molecule has 25 heavy (non-hydrogen) atoms. The highest BCUT2D eigenvalue weighted by Gasteiger charge is 2.25. The molecule has 3 aromatic heterocycles. The summed E-state index contributed by atoms with van der Waals surface area (Å²) < 4.78 is 1.12. The molecule has 3 aromatic rings. The molecule has 0 fully saturated rings. The highest BCUT2D eigenvalue weighted by atomic mass is 32.2. The van der Waals surface area contributed by atoms with Crippen LogP contribution in [-0.2, 0) is 12.8 Å². The van der Waals surface area contributed by atoms with Gasteiger partial charge in [0.1, 0.15) is 9.86 Å². The van der Waals surface area contributed by atoms with Crippen LogP contribution in [0.15, 0.2) is 10.2 Å². The molecule has 1 N–H and O–H groups in total. The molecule has 0 aromatic carbocycles. The number of fused-ring (bicyclic) bond motifs is 5. The highest BCUT2D eigenvalue weighted by Crippen LogP contribution is 2.43. The number of aryl methyl sites for hydroxylation is 1. The van der Waals surface area contributed by atoms with E-state index in [-0.39, 0.29) is 6.61 Å². The number of hydrogen-bond donors (Lipinski definition) is 1. The summed E-state index contributed by atoms with van der Waals surface area (Å²) in [5.41, 5.74) is 5.23. The third-order valence-corrected chi connectivity index (χ3v) is 7.29. The first-order chi connectivity index (χ1) is 12.1. The van der Waals surface area contributed by atoms with Crippen LogP contribution in [0.4, 0.5) is 0 Å². The Hall–Kier alpha value is -0.890. The predicted octanol–water partition coefficient (Wildman–Crippen LogP) is 4.66. The van der Waals surface area contributed by atoms with Crippen LogP contribution in [0, 0.1) is 0 Å². The maximum absolute atomic E-state index is 9.21. The summed E-state index contributed by atoms with van der Waals surface area (Å²) in [6, 6.07) is 0. The monoisotopic (exact) mass is 391 g/mol. The molecule has 0 saturated carbocycles. The Kier molecular flexibility index (Phi) is 4.92. The Bertz CT molecular complexity index is 952. The molecule has 132 valence electrons. The zero-order valence-electron chi connectivity index (χ0n) is 14.6. The molecule has 0 spiro atoms. The zero-order chi connectivity index (χ0) is 17.6. The Morgan fingerprint density at radius 2 is 1.96 bits per heavy atom. The Morgan fingerprint density at radius 3 is 2.68 bits per heavy atom. The Labute approximate surface area is 159 Å². The lowest BCUT2D eigenvalue weighted by Crippen LogP contribution is -2.00. The minimum atomic E-state index is 0.154. The fourth-order valence-electron chi connectivity index (χ4n) is 3.56. The lowest BCUT2D eigenvalue weighted by atomic mass is 9.99. The molecule has 1 aliphatic rings. The van der Waals surface area contributed by atoms with Gasteiger partial charge in [0, 0.05) is 16.8 Å². The van der Waals surface area contributed by atoms with E-state index in [2.05, 4.69) is 18.8 Å². The van der Waals surface area contributed by atoms with Crippen molar-refractivity contribution in [1.29, 1.82) is 0 Å². The van der Waals surface area contributed by atoms with Gasteiger partial charge in [-0.05, 0) is 42.6 Å². The third-order valence-electron chi connectivity index (χ3n) is 4.57. The van der Waals surface area contributed by atoms with Gasteiger partial charge in [-0.1, -0.05) is 25.6 Å². The molecule has 1 aliphatic carbocycles. The summed E-state index contributed by atoms with van der Waals surface area (Å²) in [7, 11) is 0. The fraction of sp³-hybridized carbons (Fsp3) is 0.500. The summed E-state index contributed by atoms with van der Waals surface area (Å²) in [5, 5.41) is 12.2. The van der Waals surface area contributed by atoms with Crippen LogP contribution in [-0.4, -0.2) is 38.7 Å². The van der Waals surface area contributed by atoms with Gasteiger partial charge < -0.3 is 5.11 Å². The smallest absolute Gasteiger partial charge is 0.189 e. The fourth-order valence-corrected chi connectivity index (χ4v) is 5.98. The average Bonchev–Trinajstić information content (AvgIpc) is 3.22. The van der Waals surface area contributed by atoms with E-state index in [9.17, 15) is 5.11 Å². The van der Waals surface area contributed by atoms with Crippen molar-refractivity contribution < 1.29 is 5.11 Å². The summed E-state index contributed by atoms with van der Waals surface area (Å²) in [6.07, 6.45) is 5.48. The Balaban J connectivity index is 2.05. The van der Waals surface area contributed by atoms with Gasteiger partial charge in [0.25, 0.3) is 0 Å². The maximum atomic E-state index is 9.21. The number of pyridine rings is 1. The molecule has 0 amide bonds. The molecular formula is C18H21N3OS3. The summed E-state index contributed by atoms with van der Waals surface area (Å²) in [5.74, 6) is 1.09. The third kappa shape index (κ3) is 2.95.